The zero-order chi connectivity index (χ0) is 31.6. The van der Waals surface area contributed by atoms with Gasteiger partial charge in [0.25, 0.3) is 0 Å². The van der Waals surface area contributed by atoms with Crippen LogP contribution in [0, 0.1) is 0 Å². The average molecular weight is 606 g/mol. The molecule has 0 unspecified atom stereocenters. The van der Waals surface area contributed by atoms with Gasteiger partial charge in [0.1, 0.15) is 0 Å². The molecule has 0 amide bonds. The number of anilines is 3. The van der Waals surface area contributed by atoms with Crippen molar-refractivity contribution in [3.8, 4) is 11.1 Å². The molecule has 0 bridgehead atoms. The van der Waals surface area contributed by atoms with E-state index in [2.05, 4.69) is 162 Å². The number of hydrogen-bond acceptors (Lipinski definition) is 3. The molecule has 1 aliphatic carbocycles. The second kappa shape index (κ2) is 12.2. The van der Waals surface area contributed by atoms with Crippen molar-refractivity contribution in [1.82, 2.24) is 0 Å². The molecular weight excluding hydrogens is 571 g/mol. The van der Waals surface area contributed by atoms with Gasteiger partial charge in [0, 0.05) is 18.4 Å². The molecule has 3 nitrogen and oxygen atoms in total. The summed E-state index contributed by atoms with van der Waals surface area (Å²) in [6, 6.07) is 54.4. The van der Waals surface area contributed by atoms with E-state index >= 15 is 0 Å². The number of nitrogens with two attached hydrogens (primary N) is 1. The minimum atomic E-state index is -0.498. The predicted octanol–water partition coefficient (Wildman–Crippen LogP) is 10.0. The number of para-hydroxylation sites is 3. The van der Waals surface area contributed by atoms with Crippen molar-refractivity contribution >= 4 is 29.4 Å². The van der Waals surface area contributed by atoms with Gasteiger partial charge in [-0.25, -0.2) is 0 Å². The number of aliphatic imine (C=N–C) groups is 1. The predicted molar refractivity (Wildman–Crippen MR) is 197 cm³/mol. The molecule has 2 aliphatic rings. The summed E-state index contributed by atoms with van der Waals surface area (Å²) in [5.41, 5.74) is 20.0. The summed E-state index contributed by atoms with van der Waals surface area (Å²) in [7, 11) is 0. The third-order valence-electron chi connectivity index (χ3n) is 9.35. The summed E-state index contributed by atoms with van der Waals surface area (Å²) >= 11 is 0. The number of benzene rings is 6. The molecule has 0 fully saturated rings. The molecule has 3 heteroatoms. The Balaban J connectivity index is 1.25. The van der Waals surface area contributed by atoms with E-state index < -0.39 is 5.41 Å². The highest BCUT2D eigenvalue weighted by molar-refractivity contribution is 5.94. The molecule has 0 aromatic heterocycles. The van der Waals surface area contributed by atoms with Crippen molar-refractivity contribution in [1.29, 1.82) is 0 Å². The molecule has 0 radical (unpaired) electrons. The molecule has 6 aromatic carbocycles. The minimum absolute atomic E-state index is 0.482. The highest BCUT2D eigenvalue weighted by Gasteiger charge is 2.50. The van der Waals surface area contributed by atoms with Crippen molar-refractivity contribution in [3.63, 3.8) is 0 Å². The molecule has 1 aliphatic heterocycles. The highest BCUT2D eigenvalue weighted by Crippen LogP contribution is 2.61. The zero-order valence-electron chi connectivity index (χ0n) is 26.1. The molecule has 1 heterocycles. The smallest absolute Gasteiger partial charge is 0.0748 e. The third kappa shape index (κ3) is 4.93. The van der Waals surface area contributed by atoms with E-state index in [1.807, 2.05) is 24.4 Å². The molecule has 1 spiro atoms. The summed E-state index contributed by atoms with van der Waals surface area (Å²) < 4.78 is 0. The summed E-state index contributed by atoms with van der Waals surface area (Å²) in [6.45, 7) is 1.13. The van der Waals surface area contributed by atoms with E-state index in [1.54, 1.807) is 0 Å². The van der Waals surface area contributed by atoms with Crippen LogP contribution in [0.15, 0.2) is 174 Å². The van der Waals surface area contributed by atoms with Crippen LogP contribution in [0.1, 0.15) is 33.4 Å². The lowest BCUT2D eigenvalue weighted by atomic mass is 9.63. The van der Waals surface area contributed by atoms with Crippen LogP contribution in [-0.2, 0) is 12.0 Å². The maximum Gasteiger partial charge on any atom is 0.0748 e. The van der Waals surface area contributed by atoms with E-state index in [1.165, 1.54) is 55.9 Å². The van der Waals surface area contributed by atoms with Gasteiger partial charge in [0.2, 0.25) is 0 Å². The fourth-order valence-electron chi connectivity index (χ4n) is 7.29. The van der Waals surface area contributed by atoms with Crippen molar-refractivity contribution in [2.45, 2.75) is 12.0 Å². The molecular formula is C44H35N3. The van der Waals surface area contributed by atoms with Crippen molar-refractivity contribution < 1.29 is 0 Å². The van der Waals surface area contributed by atoms with Crippen LogP contribution in [-0.4, -0.2) is 12.8 Å². The first-order valence-corrected chi connectivity index (χ1v) is 16.2. The van der Waals surface area contributed by atoms with Crippen LogP contribution in [0.25, 0.3) is 17.2 Å². The number of nitrogens with zero attached hydrogens (tertiary/aromatic N) is 2. The lowest BCUT2D eigenvalue weighted by Gasteiger charge is -2.45. The summed E-state index contributed by atoms with van der Waals surface area (Å²) in [6.07, 6.45) is 8.60. The summed E-state index contributed by atoms with van der Waals surface area (Å²) in [5.74, 6) is 0. The van der Waals surface area contributed by atoms with Crippen LogP contribution < -0.4 is 10.6 Å². The SMILES string of the molecule is NC/C=C\C1=Cc2ccc(-c3ccc(C/N=C/c4ccccc4)cc3)cc2C12c1ccccc1N(c1ccccc1)c1ccccc12. The Morgan fingerprint density at radius 2 is 1.23 bits per heavy atom. The Morgan fingerprint density at radius 1 is 0.617 bits per heavy atom. The van der Waals surface area contributed by atoms with Crippen molar-refractivity contribution in [2.75, 3.05) is 11.4 Å². The van der Waals surface area contributed by atoms with Gasteiger partial charge in [-0.05, 0) is 86.5 Å². The van der Waals surface area contributed by atoms with Gasteiger partial charge in [0.05, 0.1) is 23.3 Å². The first-order chi connectivity index (χ1) is 23.3. The van der Waals surface area contributed by atoms with Gasteiger partial charge in [0.15, 0.2) is 0 Å². The standard InChI is InChI=1S/C44H35N3/c45-27-11-14-37-28-36-26-25-35(34-23-21-33(22-24-34)31-46-30-32-12-3-1-4-13-32)29-41(36)44(37)39-17-7-9-19-42(39)47(38-15-5-2-6-16-38)43-20-10-8-18-40(43)44/h1-26,28-30H,27,31,45H2/b14-11-,46-30+. The Hall–Kier alpha value is -5.77. The van der Waals surface area contributed by atoms with Crippen molar-refractivity contribution in [2.24, 2.45) is 10.7 Å². The fourth-order valence-corrected chi connectivity index (χ4v) is 7.29. The number of hydrogen-bond donors (Lipinski definition) is 1. The minimum Gasteiger partial charge on any atom is -0.327 e. The van der Waals surface area contributed by atoms with Gasteiger partial charge in [-0.2, -0.15) is 0 Å². The molecule has 0 saturated carbocycles. The second-order valence-corrected chi connectivity index (χ2v) is 12.1. The normalized spacial score (nSPS) is 14.3. The van der Waals surface area contributed by atoms with E-state index in [0.29, 0.717) is 13.1 Å². The molecule has 8 rings (SSSR count). The summed E-state index contributed by atoms with van der Waals surface area (Å²) in [4.78, 5) is 7.07. The largest absolute Gasteiger partial charge is 0.327 e. The Bertz CT molecular complexity index is 2090. The first kappa shape index (κ1) is 28.7. The molecule has 226 valence electrons. The van der Waals surface area contributed by atoms with Gasteiger partial charge < -0.3 is 10.6 Å². The van der Waals surface area contributed by atoms with E-state index in [4.69, 9.17) is 5.73 Å². The number of allylic oxidation sites excluding steroid dienone is 2. The molecule has 0 saturated heterocycles. The number of rotatable bonds is 7. The van der Waals surface area contributed by atoms with Gasteiger partial charge >= 0.3 is 0 Å². The fraction of sp³-hybridized carbons (Fsp3) is 0.0682. The Kier molecular flexibility index (Phi) is 7.45. The second-order valence-electron chi connectivity index (χ2n) is 12.1. The van der Waals surface area contributed by atoms with Gasteiger partial charge in [-0.1, -0.05) is 133 Å². The van der Waals surface area contributed by atoms with Gasteiger partial charge in [-0.3, -0.25) is 4.99 Å². The monoisotopic (exact) mass is 605 g/mol. The molecule has 47 heavy (non-hydrogen) atoms. The Morgan fingerprint density at radius 3 is 1.91 bits per heavy atom. The van der Waals surface area contributed by atoms with Crippen molar-refractivity contribution in [3.05, 3.63) is 203 Å². The van der Waals surface area contributed by atoms with Crippen LogP contribution in [0.5, 0.6) is 0 Å². The van der Waals surface area contributed by atoms with E-state index in [-0.39, 0.29) is 0 Å². The van der Waals surface area contributed by atoms with E-state index in [9.17, 15) is 0 Å². The van der Waals surface area contributed by atoms with Crippen LogP contribution >= 0.6 is 0 Å². The molecule has 0 atom stereocenters. The van der Waals surface area contributed by atoms with Crippen LogP contribution in [0.3, 0.4) is 0 Å². The van der Waals surface area contributed by atoms with Gasteiger partial charge in [-0.15, -0.1) is 0 Å². The summed E-state index contributed by atoms with van der Waals surface area (Å²) in [5, 5.41) is 0. The topological polar surface area (TPSA) is 41.6 Å². The lowest BCUT2D eigenvalue weighted by molar-refractivity contribution is 0.746. The molecule has 2 N–H and O–H groups in total. The quantitative estimate of drug-likeness (QED) is 0.184. The van der Waals surface area contributed by atoms with E-state index in [0.717, 1.165) is 11.3 Å². The lowest BCUT2D eigenvalue weighted by Crippen LogP contribution is -2.36. The third-order valence-corrected chi connectivity index (χ3v) is 9.35. The zero-order valence-corrected chi connectivity index (χ0v) is 26.1. The first-order valence-electron chi connectivity index (χ1n) is 16.2. The van der Waals surface area contributed by atoms with Crippen LogP contribution in [0.2, 0.25) is 0 Å². The maximum atomic E-state index is 6.06. The molecule has 6 aromatic rings. The number of fused-ring (bicyclic) bond motifs is 6. The maximum absolute atomic E-state index is 6.06. The average Bonchev–Trinajstić information content (AvgIpc) is 3.45. The van der Waals surface area contributed by atoms with Crippen LogP contribution in [0.4, 0.5) is 17.1 Å². The highest BCUT2D eigenvalue weighted by atomic mass is 15.2. The Labute approximate surface area is 276 Å².